The smallest absolute Gasteiger partial charge is 0.201 e. The van der Waals surface area contributed by atoms with E-state index in [-0.39, 0.29) is 0 Å². The largest absolute Gasteiger partial charge is 0.321 e. The van der Waals surface area contributed by atoms with Gasteiger partial charge in [0.05, 0.1) is 5.69 Å². The predicted molar refractivity (Wildman–Crippen MR) is 62.9 cm³/mol. The lowest BCUT2D eigenvalue weighted by Crippen LogP contribution is -2.36. The first-order valence-electron chi connectivity index (χ1n) is 4.30. The highest BCUT2D eigenvalue weighted by Crippen LogP contribution is 2.14. The fourth-order valence-electron chi connectivity index (χ4n) is 0.997. The van der Waals surface area contributed by atoms with Gasteiger partial charge in [-0.1, -0.05) is 36.9 Å². The van der Waals surface area contributed by atoms with E-state index in [1.807, 2.05) is 37.3 Å². The van der Waals surface area contributed by atoms with E-state index in [2.05, 4.69) is 5.10 Å². The third kappa shape index (κ3) is 2.65. The van der Waals surface area contributed by atoms with Crippen LogP contribution < -0.4 is 16.7 Å². The second-order valence-corrected chi connectivity index (χ2v) is 3.78. The lowest BCUT2D eigenvalue weighted by Gasteiger charge is -2.18. The maximum absolute atomic E-state index is 5.84. The summed E-state index contributed by atoms with van der Waals surface area (Å²) < 4.78 is 0. The summed E-state index contributed by atoms with van der Waals surface area (Å²) >= 11 is 1.51. The summed E-state index contributed by atoms with van der Waals surface area (Å²) in [5.74, 6) is 12.0. The minimum absolute atomic E-state index is 0.610. The average molecular weight is 210 g/mol. The van der Waals surface area contributed by atoms with E-state index in [1.54, 1.807) is 0 Å². The second-order valence-electron chi connectivity index (χ2n) is 2.55. The Morgan fingerprint density at radius 2 is 2.07 bits per heavy atom. The minimum Gasteiger partial charge on any atom is -0.321 e. The third-order valence-electron chi connectivity index (χ3n) is 1.62. The van der Waals surface area contributed by atoms with Crippen LogP contribution in [0.15, 0.2) is 35.4 Å². The van der Waals surface area contributed by atoms with Crippen molar-refractivity contribution in [2.75, 3.05) is 10.8 Å². The minimum atomic E-state index is 0.610. The van der Waals surface area contributed by atoms with Crippen molar-refractivity contribution in [1.29, 1.82) is 0 Å². The Morgan fingerprint density at radius 3 is 2.57 bits per heavy atom. The lowest BCUT2D eigenvalue weighted by molar-refractivity contribution is 1.11. The molecule has 0 amide bonds. The highest BCUT2D eigenvalue weighted by molar-refractivity contribution is 8.14. The van der Waals surface area contributed by atoms with E-state index in [0.29, 0.717) is 5.17 Å². The summed E-state index contributed by atoms with van der Waals surface area (Å²) in [6.45, 7) is 2.02. The number of amidine groups is 1. The molecule has 0 bridgehead atoms. The maximum atomic E-state index is 5.84. The topological polar surface area (TPSA) is 67.6 Å². The van der Waals surface area contributed by atoms with Crippen molar-refractivity contribution in [1.82, 2.24) is 0 Å². The molecule has 4 nitrogen and oxygen atoms in total. The molecule has 4 N–H and O–H groups in total. The van der Waals surface area contributed by atoms with Crippen LogP contribution in [0, 0.1) is 0 Å². The summed E-state index contributed by atoms with van der Waals surface area (Å²) in [5, 5.41) is 5.72. The average Bonchev–Trinajstić information content (AvgIpc) is 2.26. The number of para-hydroxylation sites is 1. The second kappa shape index (κ2) is 5.51. The Kier molecular flexibility index (Phi) is 4.28. The molecule has 14 heavy (non-hydrogen) atoms. The number of thioether (sulfide) groups is 1. The molecule has 0 aliphatic rings. The van der Waals surface area contributed by atoms with E-state index in [1.165, 1.54) is 16.8 Å². The van der Waals surface area contributed by atoms with Gasteiger partial charge >= 0.3 is 0 Å². The van der Waals surface area contributed by atoms with E-state index < -0.39 is 0 Å². The molecule has 0 aromatic heterocycles. The van der Waals surface area contributed by atoms with Crippen molar-refractivity contribution in [3.8, 4) is 0 Å². The third-order valence-corrected chi connectivity index (χ3v) is 2.47. The maximum Gasteiger partial charge on any atom is 0.201 e. The standard InChI is InChI=1S/C9H14N4S/c1-2-14-9(12-10)13(11)8-6-4-3-5-7-8/h3-7H,2,10-11H2,1H3/b12-9+. The van der Waals surface area contributed by atoms with E-state index in [0.717, 1.165) is 11.4 Å². The van der Waals surface area contributed by atoms with Gasteiger partial charge in [-0.2, -0.15) is 5.10 Å². The fraction of sp³-hybridized carbons (Fsp3) is 0.222. The Hall–Kier alpha value is -1.20. The molecule has 0 radical (unpaired) electrons. The van der Waals surface area contributed by atoms with Crippen LogP contribution in [0.4, 0.5) is 5.69 Å². The van der Waals surface area contributed by atoms with E-state index in [9.17, 15) is 0 Å². The van der Waals surface area contributed by atoms with Gasteiger partial charge in [-0.25, -0.2) is 5.84 Å². The fourth-order valence-corrected chi connectivity index (χ4v) is 1.57. The van der Waals surface area contributed by atoms with Crippen LogP contribution >= 0.6 is 11.8 Å². The molecule has 0 saturated heterocycles. The summed E-state index contributed by atoms with van der Waals surface area (Å²) in [6, 6.07) is 9.58. The Balaban J connectivity index is 2.78. The zero-order valence-corrected chi connectivity index (χ0v) is 8.87. The van der Waals surface area contributed by atoms with Crippen molar-refractivity contribution < 1.29 is 0 Å². The summed E-state index contributed by atoms with van der Waals surface area (Å²) in [7, 11) is 0. The van der Waals surface area contributed by atoms with Crippen LogP contribution in [0.1, 0.15) is 6.92 Å². The summed E-state index contributed by atoms with van der Waals surface area (Å²) in [4.78, 5) is 0. The van der Waals surface area contributed by atoms with Gasteiger partial charge in [-0.3, -0.25) is 5.01 Å². The summed E-state index contributed by atoms with van der Waals surface area (Å²) in [6.07, 6.45) is 0. The first-order valence-corrected chi connectivity index (χ1v) is 5.28. The van der Waals surface area contributed by atoms with Crippen molar-refractivity contribution in [3.05, 3.63) is 30.3 Å². The first kappa shape index (κ1) is 10.9. The number of rotatable bonds is 2. The predicted octanol–water partition coefficient (Wildman–Crippen LogP) is 1.35. The first-order chi connectivity index (χ1) is 6.79. The number of nitrogens with two attached hydrogens (primary N) is 2. The number of hydrazine groups is 1. The molecule has 0 heterocycles. The van der Waals surface area contributed by atoms with Gasteiger partial charge < -0.3 is 5.84 Å². The molecule has 0 unspecified atom stereocenters. The molecular weight excluding hydrogens is 196 g/mol. The molecule has 1 rings (SSSR count). The van der Waals surface area contributed by atoms with Crippen LogP contribution in [0.25, 0.3) is 0 Å². The van der Waals surface area contributed by atoms with Gasteiger partial charge in [0, 0.05) is 0 Å². The molecule has 0 fully saturated rings. The SMILES string of the molecule is CCS/C(=N/N)N(N)c1ccccc1. The normalized spacial score (nSPS) is 11.4. The van der Waals surface area contributed by atoms with Crippen LogP contribution in [0.2, 0.25) is 0 Å². The van der Waals surface area contributed by atoms with Gasteiger partial charge in [-0.15, -0.1) is 0 Å². The molecule has 0 saturated carbocycles. The molecule has 0 aliphatic heterocycles. The monoisotopic (exact) mass is 210 g/mol. The molecule has 1 aromatic carbocycles. The van der Waals surface area contributed by atoms with Gasteiger partial charge in [-0.05, 0) is 17.9 Å². The van der Waals surface area contributed by atoms with Gasteiger partial charge in [0.1, 0.15) is 0 Å². The van der Waals surface area contributed by atoms with Gasteiger partial charge in [0.25, 0.3) is 0 Å². The Morgan fingerprint density at radius 1 is 1.43 bits per heavy atom. The van der Waals surface area contributed by atoms with Crippen molar-refractivity contribution in [2.24, 2.45) is 16.8 Å². The highest BCUT2D eigenvalue weighted by atomic mass is 32.2. The molecular formula is C9H14N4S. The van der Waals surface area contributed by atoms with Crippen LogP contribution in [0.5, 0.6) is 0 Å². The number of hydrogen-bond acceptors (Lipinski definition) is 4. The highest BCUT2D eigenvalue weighted by Gasteiger charge is 2.08. The summed E-state index contributed by atoms with van der Waals surface area (Å²) in [5.41, 5.74) is 0.873. The van der Waals surface area contributed by atoms with E-state index >= 15 is 0 Å². The van der Waals surface area contributed by atoms with Crippen LogP contribution in [-0.4, -0.2) is 10.9 Å². The molecule has 1 aromatic rings. The zero-order chi connectivity index (χ0) is 10.4. The van der Waals surface area contributed by atoms with Gasteiger partial charge in [0.15, 0.2) is 0 Å². The van der Waals surface area contributed by atoms with E-state index in [4.69, 9.17) is 11.7 Å². The number of anilines is 1. The lowest BCUT2D eigenvalue weighted by atomic mass is 10.3. The number of nitrogens with zero attached hydrogens (tertiary/aromatic N) is 2. The molecule has 5 heteroatoms. The molecule has 0 aliphatic carbocycles. The van der Waals surface area contributed by atoms with Crippen LogP contribution in [0.3, 0.4) is 0 Å². The van der Waals surface area contributed by atoms with Gasteiger partial charge in [0.2, 0.25) is 5.17 Å². The van der Waals surface area contributed by atoms with Crippen molar-refractivity contribution in [2.45, 2.75) is 6.92 Å². The van der Waals surface area contributed by atoms with Crippen LogP contribution in [-0.2, 0) is 0 Å². The molecule has 76 valence electrons. The number of benzene rings is 1. The van der Waals surface area contributed by atoms with Crippen molar-refractivity contribution in [3.63, 3.8) is 0 Å². The number of hydrogen-bond donors (Lipinski definition) is 2. The zero-order valence-electron chi connectivity index (χ0n) is 8.05. The quantitative estimate of drug-likeness (QED) is 0.334. The molecule has 0 spiro atoms. The molecule has 0 atom stereocenters. The Bertz CT molecular complexity index is 299. The Labute approximate surface area is 87.9 Å². The number of hydrazone groups is 1. The van der Waals surface area contributed by atoms with Crippen molar-refractivity contribution >= 4 is 22.6 Å².